The van der Waals surface area contributed by atoms with Gasteiger partial charge < -0.3 is 5.32 Å². The minimum absolute atomic E-state index is 0.163. The van der Waals surface area contributed by atoms with E-state index >= 15 is 0 Å². The lowest BCUT2D eigenvalue weighted by Gasteiger charge is -2.22. The first-order chi connectivity index (χ1) is 12.3. The molecule has 0 unspecified atom stereocenters. The molecule has 2 aromatic carbocycles. The van der Waals surface area contributed by atoms with Crippen molar-refractivity contribution >= 4 is 15.9 Å². The van der Waals surface area contributed by atoms with E-state index in [9.17, 15) is 13.2 Å². The maximum absolute atomic E-state index is 13.1. The number of carbonyl (C=O) groups is 1. The fourth-order valence-corrected chi connectivity index (χ4v) is 4.14. The summed E-state index contributed by atoms with van der Waals surface area (Å²) in [7, 11) is -3.77. The number of nitrogens with zero attached hydrogens (tertiary/aromatic N) is 1. The van der Waals surface area contributed by atoms with Crippen LogP contribution in [0.25, 0.3) is 0 Å². The second kappa shape index (κ2) is 7.60. The summed E-state index contributed by atoms with van der Waals surface area (Å²) >= 11 is 0. The third-order valence-electron chi connectivity index (χ3n) is 4.36. The van der Waals surface area contributed by atoms with Crippen molar-refractivity contribution in [2.75, 3.05) is 6.54 Å². The van der Waals surface area contributed by atoms with E-state index in [4.69, 9.17) is 0 Å². The van der Waals surface area contributed by atoms with Crippen LogP contribution in [0.15, 0.2) is 53.4 Å². The molecule has 0 radical (unpaired) electrons. The first-order valence-electron chi connectivity index (χ1n) is 8.76. The fraction of sp³-hybridized carbons (Fsp3) is 0.350. The van der Waals surface area contributed by atoms with E-state index in [2.05, 4.69) is 5.32 Å². The monoisotopic (exact) mass is 372 g/mol. The third kappa shape index (κ3) is 4.71. The van der Waals surface area contributed by atoms with Crippen LogP contribution in [0, 0.1) is 13.8 Å². The minimum Gasteiger partial charge on any atom is -0.352 e. The molecule has 1 fully saturated rings. The topological polar surface area (TPSA) is 66.5 Å². The zero-order valence-electron chi connectivity index (χ0n) is 15.1. The van der Waals surface area contributed by atoms with Gasteiger partial charge in [0.25, 0.3) is 0 Å². The van der Waals surface area contributed by atoms with Crippen LogP contribution in [0.5, 0.6) is 0 Å². The van der Waals surface area contributed by atoms with Crippen LogP contribution >= 0.6 is 0 Å². The maximum Gasteiger partial charge on any atom is 0.243 e. The van der Waals surface area contributed by atoms with Gasteiger partial charge in [0.1, 0.15) is 0 Å². The molecular weight excluding hydrogens is 348 g/mol. The molecule has 0 spiro atoms. The van der Waals surface area contributed by atoms with Crippen molar-refractivity contribution in [1.82, 2.24) is 9.62 Å². The molecule has 6 heteroatoms. The average molecular weight is 372 g/mol. The standard InChI is InChI=1S/C20H24N2O3S/c1-15-6-10-19(11-7-15)26(24,25)22(14-20(23)21-18-8-9-18)13-17-5-3-4-16(2)12-17/h3-7,10-12,18H,8-9,13-14H2,1-2H3,(H,21,23). The Morgan fingerprint density at radius 3 is 2.38 bits per heavy atom. The quantitative estimate of drug-likeness (QED) is 0.813. The number of amides is 1. The van der Waals surface area contributed by atoms with Gasteiger partial charge in [-0.3, -0.25) is 4.79 Å². The molecule has 1 N–H and O–H groups in total. The van der Waals surface area contributed by atoms with Crippen molar-refractivity contribution in [1.29, 1.82) is 0 Å². The summed E-state index contributed by atoms with van der Waals surface area (Å²) in [5.41, 5.74) is 2.90. The van der Waals surface area contributed by atoms with Crippen molar-refractivity contribution < 1.29 is 13.2 Å². The van der Waals surface area contributed by atoms with Crippen LogP contribution in [-0.4, -0.2) is 31.2 Å². The highest BCUT2D eigenvalue weighted by atomic mass is 32.2. The Kier molecular flexibility index (Phi) is 5.44. The van der Waals surface area contributed by atoms with Crippen molar-refractivity contribution in [2.45, 2.75) is 44.2 Å². The Labute approximate surface area is 155 Å². The molecule has 1 aliphatic rings. The van der Waals surface area contributed by atoms with Crippen molar-refractivity contribution in [3.05, 3.63) is 65.2 Å². The molecule has 0 saturated heterocycles. The first kappa shape index (κ1) is 18.6. The SMILES string of the molecule is Cc1ccc(S(=O)(=O)N(CC(=O)NC2CC2)Cc2cccc(C)c2)cc1. The summed E-state index contributed by atoms with van der Waals surface area (Å²) < 4.78 is 27.5. The number of sulfonamides is 1. The van der Waals surface area contributed by atoms with Gasteiger partial charge in [0, 0.05) is 12.6 Å². The van der Waals surface area contributed by atoms with Crippen LogP contribution in [0.4, 0.5) is 0 Å². The van der Waals surface area contributed by atoms with Gasteiger partial charge in [-0.15, -0.1) is 0 Å². The Morgan fingerprint density at radius 2 is 1.77 bits per heavy atom. The third-order valence-corrected chi connectivity index (χ3v) is 6.17. The molecule has 0 aliphatic heterocycles. The van der Waals surface area contributed by atoms with Crippen molar-refractivity contribution in [3.8, 4) is 0 Å². The number of benzene rings is 2. The van der Waals surface area contributed by atoms with Gasteiger partial charge in [-0.05, 0) is 44.4 Å². The minimum atomic E-state index is -3.77. The van der Waals surface area contributed by atoms with Crippen LogP contribution < -0.4 is 5.32 Å². The summed E-state index contributed by atoms with van der Waals surface area (Å²) in [5.74, 6) is -0.254. The van der Waals surface area contributed by atoms with E-state index in [-0.39, 0.29) is 29.9 Å². The summed E-state index contributed by atoms with van der Waals surface area (Å²) in [6.07, 6.45) is 1.93. The van der Waals surface area contributed by atoms with Crippen molar-refractivity contribution in [2.24, 2.45) is 0 Å². The number of hydrogen-bond donors (Lipinski definition) is 1. The number of carbonyl (C=O) groups excluding carboxylic acids is 1. The zero-order valence-corrected chi connectivity index (χ0v) is 15.9. The Bertz CT molecular complexity index is 888. The molecule has 0 heterocycles. The molecular formula is C20H24N2O3S. The van der Waals surface area contributed by atoms with Gasteiger partial charge >= 0.3 is 0 Å². The van der Waals surface area contributed by atoms with E-state index in [0.717, 1.165) is 29.5 Å². The van der Waals surface area contributed by atoms with Gasteiger partial charge in [0.15, 0.2) is 0 Å². The number of nitrogens with one attached hydrogen (secondary N) is 1. The van der Waals surface area contributed by atoms with E-state index in [1.54, 1.807) is 24.3 Å². The normalized spacial score (nSPS) is 14.4. The highest BCUT2D eigenvalue weighted by molar-refractivity contribution is 7.89. The second-order valence-electron chi connectivity index (χ2n) is 6.92. The predicted octanol–water partition coefficient (Wildman–Crippen LogP) is 2.77. The lowest BCUT2D eigenvalue weighted by molar-refractivity contribution is -0.121. The molecule has 3 rings (SSSR count). The molecule has 0 aromatic heterocycles. The molecule has 26 heavy (non-hydrogen) atoms. The molecule has 0 bridgehead atoms. The molecule has 1 amide bonds. The Balaban J connectivity index is 1.87. The van der Waals surface area contributed by atoms with E-state index < -0.39 is 10.0 Å². The zero-order chi connectivity index (χ0) is 18.7. The predicted molar refractivity (Wildman–Crippen MR) is 101 cm³/mol. The van der Waals surface area contributed by atoms with E-state index in [1.165, 1.54) is 4.31 Å². The Hall–Kier alpha value is -2.18. The number of rotatable bonds is 7. The van der Waals surface area contributed by atoms with Crippen LogP contribution in [-0.2, 0) is 21.4 Å². The van der Waals surface area contributed by atoms with Gasteiger partial charge in [-0.1, -0.05) is 47.5 Å². The van der Waals surface area contributed by atoms with Gasteiger partial charge in [0.2, 0.25) is 15.9 Å². The van der Waals surface area contributed by atoms with Gasteiger partial charge in [0.05, 0.1) is 11.4 Å². The summed E-state index contributed by atoms with van der Waals surface area (Å²) in [6.45, 7) is 3.85. The fourth-order valence-electron chi connectivity index (χ4n) is 2.76. The largest absolute Gasteiger partial charge is 0.352 e. The van der Waals surface area contributed by atoms with Crippen LogP contribution in [0.1, 0.15) is 29.5 Å². The van der Waals surface area contributed by atoms with Crippen LogP contribution in [0.2, 0.25) is 0 Å². The highest BCUT2D eigenvalue weighted by Crippen LogP contribution is 2.21. The molecule has 5 nitrogen and oxygen atoms in total. The van der Waals surface area contributed by atoms with E-state index in [1.807, 2.05) is 38.1 Å². The smallest absolute Gasteiger partial charge is 0.243 e. The van der Waals surface area contributed by atoms with Gasteiger partial charge in [-0.25, -0.2) is 8.42 Å². The summed E-state index contributed by atoms with van der Waals surface area (Å²) in [6, 6.07) is 14.6. The summed E-state index contributed by atoms with van der Waals surface area (Å²) in [4.78, 5) is 12.5. The number of aryl methyl sites for hydroxylation is 2. The second-order valence-corrected chi connectivity index (χ2v) is 8.85. The lowest BCUT2D eigenvalue weighted by atomic mass is 10.1. The molecule has 0 atom stereocenters. The maximum atomic E-state index is 13.1. The average Bonchev–Trinajstić information content (AvgIpc) is 3.38. The van der Waals surface area contributed by atoms with E-state index in [0.29, 0.717) is 0 Å². The highest BCUT2D eigenvalue weighted by Gasteiger charge is 2.29. The van der Waals surface area contributed by atoms with Crippen molar-refractivity contribution in [3.63, 3.8) is 0 Å². The molecule has 138 valence electrons. The molecule has 1 aliphatic carbocycles. The van der Waals surface area contributed by atoms with Gasteiger partial charge in [-0.2, -0.15) is 4.31 Å². The first-order valence-corrected chi connectivity index (χ1v) is 10.2. The lowest BCUT2D eigenvalue weighted by Crippen LogP contribution is -2.41. The number of hydrogen-bond acceptors (Lipinski definition) is 3. The summed E-state index contributed by atoms with van der Waals surface area (Å²) in [5, 5.41) is 2.87. The molecule has 1 saturated carbocycles. The molecule has 2 aromatic rings. The Morgan fingerprint density at radius 1 is 1.08 bits per heavy atom. The van der Waals surface area contributed by atoms with Crippen LogP contribution in [0.3, 0.4) is 0 Å².